The Morgan fingerprint density at radius 3 is 2.88 bits per heavy atom. The summed E-state index contributed by atoms with van der Waals surface area (Å²) >= 11 is 0. The number of esters is 1. The van der Waals surface area contributed by atoms with Gasteiger partial charge >= 0.3 is 5.97 Å². The van der Waals surface area contributed by atoms with E-state index in [4.69, 9.17) is 0 Å². The van der Waals surface area contributed by atoms with Crippen molar-refractivity contribution in [3.63, 3.8) is 0 Å². The molecule has 7 nitrogen and oxygen atoms in total. The number of rotatable bonds is 6. The second kappa shape index (κ2) is 6.51. The first kappa shape index (κ1) is 13.0. The quantitative estimate of drug-likeness (QED) is 0.485. The minimum Gasteiger partial charge on any atom is -0.469 e. The number of hydrogen-bond acceptors (Lipinski definition) is 5. The van der Waals surface area contributed by atoms with Crippen LogP contribution in [0.15, 0.2) is 6.07 Å². The van der Waals surface area contributed by atoms with Crippen LogP contribution in [-0.2, 0) is 9.53 Å². The number of ether oxygens (including phenoxy) is 1. The maximum Gasteiger partial charge on any atom is 0.305 e. The first-order valence-electron chi connectivity index (χ1n) is 5.25. The van der Waals surface area contributed by atoms with Gasteiger partial charge in [-0.15, -0.1) is 0 Å². The Labute approximate surface area is 98.9 Å². The molecule has 94 valence electrons. The lowest BCUT2D eigenvalue weighted by Crippen LogP contribution is -2.25. The Morgan fingerprint density at radius 2 is 2.29 bits per heavy atom. The molecule has 1 aromatic rings. The molecule has 7 heteroatoms. The van der Waals surface area contributed by atoms with Gasteiger partial charge in [0.15, 0.2) is 0 Å². The second-order valence-corrected chi connectivity index (χ2v) is 3.35. The molecule has 0 saturated heterocycles. The summed E-state index contributed by atoms with van der Waals surface area (Å²) in [5.74, 6) is 0.0758. The Balaban J connectivity index is 2.27. The first-order chi connectivity index (χ1) is 8.17. The van der Waals surface area contributed by atoms with E-state index in [9.17, 15) is 9.59 Å². The number of carbonyl (C=O) groups is 2. The average molecular weight is 240 g/mol. The minimum absolute atomic E-state index is 0.246. The molecule has 0 radical (unpaired) electrons. The van der Waals surface area contributed by atoms with E-state index < -0.39 is 0 Å². The summed E-state index contributed by atoms with van der Waals surface area (Å²) in [6.45, 7) is 0.418. The third kappa shape index (κ3) is 4.13. The van der Waals surface area contributed by atoms with Crippen LogP contribution in [-0.4, -0.2) is 42.8 Å². The van der Waals surface area contributed by atoms with E-state index >= 15 is 0 Å². The number of carbonyl (C=O) groups excluding carboxylic acids is 2. The molecule has 1 amide bonds. The fourth-order valence-electron chi connectivity index (χ4n) is 1.20. The molecule has 3 N–H and O–H groups in total. The molecule has 0 aromatic carbocycles. The zero-order valence-corrected chi connectivity index (χ0v) is 9.87. The van der Waals surface area contributed by atoms with Crippen LogP contribution in [0.3, 0.4) is 0 Å². The molecule has 1 heterocycles. The Morgan fingerprint density at radius 1 is 1.53 bits per heavy atom. The highest BCUT2D eigenvalue weighted by Crippen LogP contribution is 2.03. The van der Waals surface area contributed by atoms with Crippen molar-refractivity contribution in [2.75, 3.05) is 26.0 Å². The van der Waals surface area contributed by atoms with Gasteiger partial charge in [-0.2, -0.15) is 5.10 Å². The van der Waals surface area contributed by atoms with E-state index in [0.29, 0.717) is 30.9 Å². The summed E-state index contributed by atoms with van der Waals surface area (Å²) in [5.41, 5.74) is 0.382. The lowest BCUT2D eigenvalue weighted by molar-refractivity contribution is -0.140. The first-order valence-corrected chi connectivity index (χ1v) is 5.25. The van der Waals surface area contributed by atoms with E-state index in [1.165, 1.54) is 7.11 Å². The summed E-state index contributed by atoms with van der Waals surface area (Å²) in [5, 5.41) is 11.9. The number of anilines is 1. The average Bonchev–Trinajstić information content (AvgIpc) is 2.82. The van der Waals surface area contributed by atoms with Crippen molar-refractivity contribution in [1.82, 2.24) is 15.5 Å². The maximum absolute atomic E-state index is 11.6. The highest BCUT2D eigenvalue weighted by Gasteiger charge is 2.08. The maximum atomic E-state index is 11.6. The van der Waals surface area contributed by atoms with Gasteiger partial charge in [0.05, 0.1) is 7.11 Å². The molecule has 0 bridgehead atoms. The summed E-state index contributed by atoms with van der Waals surface area (Å²) < 4.78 is 4.48. The van der Waals surface area contributed by atoms with Crippen LogP contribution in [0.4, 0.5) is 5.82 Å². The van der Waals surface area contributed by atoms with Gasteiger partial charge < -0.3 is 15.4 Å². The number of amides is 1. The van der Waals surface area contributed by atoms with Gasteiger partial charge in [-0.25, -0.2) is 0 Å². The van der Waals surface area contributed by atoms with Crippen LogP contribution in [0.2, 0.25) is 0 Å². The van der Waals surface area contributed by atoms with Crippen LogP contribution in [0.5, 0.6) is 0 Å². The SMILES string of the molecule is CNc1cc(C(=O)NCCCC(=O)OC)[nH]n1. The Bertz CT molecular complexity index is 389. The minimum atomic E-state index is -0.279. The van der Waals surface area contributed by atoms with Crippen molar-refractivity contribution in [3.05, 3.63) is 11.8 Å². The Hall–Kier alpha value is -2.05. The lowest BCUT2D eigenvalue weighted by atomic mass is 10.3. The normalized spacial score (nSPS) is 9.76. The number of nitrogens with zero attached hydrogens (tertiary/aromatic N) is 1. The van der Waals surface area contributed by atoms with Crippen molar-refractivity contribution >= 4 is 17.7 Å². The molecule has 0 unspecified atom stereocenters. The van der Waals surface area contributed by atoms with Crippen LogP contribution < -0.4 is 10.6 Å². The predicted octanol–water partition coefficient (Wildman–Crippen LogP) is 0.134. The highest BCUT2D eigenvalue weighted by molar-refractivity contribution is 5.92. The summed E-state index contributed by atoms with van der Waals surface area (Å²) in [4.78, 5) is 22.4. The summed E-state index contributed by atoms with van der Waals surface area (Å²) in [6, 6.07) is 1.61. The van der Waals surface area contributed by atoms with E-state index in [0.717, 1.165) is 0 Å². The molecule has 0 atom stereocenters. The van der Waals surface area contributed by atoms with Crippen molar-refractivity contribution in [1.29, 1.82) is 0 Å². The van der Waals surface area contributed by atoms with E-state index in [2.05, 4.69) is 25.6 Å². The fraction of sp³-hybridized carbons (Fsp3) is 0.500. The standard InChI is InChI=1S/C10H16N4O3/c1-11-8-6-7(13-14-8)10(16)12-5-3-4-9(15)17-2/h6H,3-5H2,1-2H3,(H,12,16)(H2,11,13,14). The van der Waals surface area contributed by atoms with E-state index in [1.807, 2.05) is 0 Å². The van der Waals surface area contributed by atoms with Crippen LogP contribution in [0.1, 0.15) is 23.3 Å². The van der Waals surface area contributed by atoms with Crippen LogP contribution >= 0.6 is 0 Å². The van der Waals surface area contributed by atoms with Gasteiger partial charge in [-0.1, -0.05) is 0 Å². The number of hydrogen-bond donors (Lipinski definition) is 3. The molecular formula is C10H16N4O3. The molecular weight excluding hydrogens is 224 g/mol. The zero-order valence-electron chi connectivity index (χ0n) is 9.87. The molecule has 1 aromatic heterocycles. The van der Waals surface area contributed by atoms with Gasteiger partial charge in [-0.3, -0.25) is 14.7 Å². The molecule has 17 heavy (non-hydrogen) atoms. The third-order valence-electron chi connectivity index (χ3n) is 2.15. The van der Waals surface area contributed by atoms with Gasteiger partial charge in [0.1, 0.15) is 11.5 Å². The topological polar surface area (TPSA) is 96.1 Å². The van der Waals surface area contributed by atoms with E-state index in [-0.39, 0.29) is 11.9 Å². The number of nitrogens with one attached hydrogen (secondary N) is 3. The number of aromatic nitrogens is 2. The van der Waals surface area contributed by atoms with Crippen molar-refractivity contribution in [2.45, 2.75) is 12.8 Å². The number of methoxy groups -OCH3 is 1. The zero-order chi connectivity index (χ0) is 12.7. The highest BCUT2D eigenvalue weighted by atomic mass is 16.5. The van der Waals surface area contributed by atoms with Crippen LogP contribution in [0.25, 0.3) is 0 Å². The Kier molecular flexibility index (Phi) is 4.99. The van der Waals surface area contributed by atoms with Crippen molar-refractivity contribution in [2.24, 2.45) is 0 Å². The van der Waals surface area contributed by atoms with Gasteiger partial charge in [-0.05, 0) is 6.42 Å². The second-order valence-electron chi connectivity index (χ2n) is 3.35. The molecule has 0 saturated carbocycles. The molecule has 0 fully saturated rings. The largest absolute Gasteiger partial charge is 0.469 e. The summed E-state index contributed by atoms with van der Waals surface area (Å²) in [7, 11) is 3.05. The monoisotopic (exact) mass is 240 g/mol. The van der Waals surface area contributed by atoms with Crippen molar-refractivity contribution in [3.8, 4) is 0 Å². The van der Waals surface area contributed by atoms with Gasteiger partial charge in [0.25, 0.3) is 5.91 Å². The van der Waals surface area contributed by atoms with Crippen molar-refractivity contribution < 1.29 is 14.3 Å². The number of aromatic amines is 1. The molecule has 0 spiro atoms. The molecule has 1 rings (SSSR count). The molecule has 0 aliphatic heterocycles. The van der Waals surface area contributed by atoms with Gasteiger partial charge in [0, 0.05) is 26.1 Å². The van der Waals surface area contributed by atoms with E-state index in [1.54, 1.807) is 13.1 Å². The number of H-pyrrole nitrogens is 1. The lowest BCUT2D eigenvalue weighted by Gasteiger charge is -2.02. The third-order valence-corrected chi connectivity index (χ3v) is 2.15. The predicted molar refractivity (Wildman–Crippen MR) is 61.7 cm³/mol. The van der Waals surface area contributed by atoms with Crippen LogP contribution in [0, 0.1) is 0 Å². The fourth-order valence-corrected chi connectivity index (χ4v) is 1.20. The molecule has 0 aliphatic carbocycles. The summed E-state index contributed by atoms with van der Waals surface area (Å²) in [6.07, 6.45) is 0.840. The van der Waals surface area contributed by atoms with Gasteiger partial charge in [0.2, 0.25) is 0 Å². The smallest absolute Gasteiger partial charge is 0.305 e. The molecule has 0 aliphatic rings.